The number of hydrogen-bond donors (Lipinski definition) is 3. The zero-order valence-electron chi connectivity index (χ0n) is 17.7. The minimum Gasteiger partial charge on any atom is -0.470 e. The molecular weight excluding hydrogens is 424 g/mol. The summed E-state index contributed by atoms with van der Waals surface area (Å²) in [6, 6.07) is 7.69. The fourth-order valence-electron chi connectivity index (χ4n) is 2.92. The number of hydrazine groups is 1. The summed E-state index contributed by atoms with van der Waals surface area (Å²) in [5.41, 5.74) is 5.90. The Morgan fingerprint density at radius 1 is 1.19 bits per heavy atom. The van der Waals surface area contributed by atoms with Gasteiger partial charge in [0.2, 0.25) is 5.88 Å². The Kier molecular flexibility index (Phi) is 6.25. The number of carbonyl (C=O) groups excluding carboxylic acids is 2. The first-order valence-electron chi connectivity index (χ1n) is 9.52. The number of carbonyl (C=O) groups is 2. The Morgan fingerprint density at radius 2 is 1.84 bits per heavy atom. The molecule has 10 nitrogen and oxygen atoms in total. The van der Waals surface area contributed by atoms with Gasteiger partial charge in [-0.05, 0) is 39.0 Å². The second kappa shape index (κ2) is 8.75. The van der Waals surface area contributed by atoms with E-state index in [4.69, 9.17) is 16.3 Å². The van der Waals surface area contributed by atoms with Crippen molar-refractivity contribution in [2.24, 2.45) is 11.6 Å². The molecule has 2 aromatic rings. The van der Waals surface area contributed by atoms with Gasteiger partial charge in [0.1, 0.15) is 12.1 Å². The van der Waals surface area contributed by atoms with Crippen LogP contribution in [0.4, 0.5) is 25.1 Å². The molecule has 0 atom stereocenters. The number of amides is 3. The number of halogens is 2. The minimum atomic E-state index is -2.58. The molecule has 0 saturated carbocycles. The maximum Gasteiger partial charge on any atom is 0.330 e. The van der Waals surface area contributed by atoms with Crippen LogP contribution in [0.2, 0.25) is 0 Å². The van der Waals surface area contributed by atoms with Crippen molar-refractivity contribution in [2.45, 2.75) is 32.7 Å². The summed E-state index contributed by atoms with van der Waals surface area (Å²) in [7, 11) is 0. The number of rotatable bonds is 7. The Labute approximate surface area is 182 Å². The average molecular weight is 447 g/mol. The predicted molar refractivity (Wildman–Crippen MR) is 113 cm³/mol. The molecular formula is C20H23F2N7O3. The summed E-state index contributed by atoms with van der Waals surface area (Å²) in [6.07, 6.45) is -2.58. The highest BCUT2D eigenvalue weighted by Gasteiger charge is 2.45. The summed E-state index contributed by atoms with van der Waals surface area (Å²) in [4.78, 5) is 25.3. The van der Waals surface area contributed by atoms with Gasteiger partial charge in [-0.15, -0.1) is 10.2 Å². The van der Waals surface area contributed by atoms with Crippen LogP contribution in [0.1, 0.15) is 32.8 Å². The number of ether oxygens (including phenoxy) is 1. The number of alkyl halides is 2. The number of urea groups is 1. The predicted octanol–water partition coefficient (Wildman–Crippen LogP) is 2.20. The van der Waals surface area contributed by atoms with Crippen LogP contribution in [0.15, 0.2) is 47.8 Å². The minimum absolute atomic E-state index is 0.0516. The summed E-state index contributed by atoms with van der Waals surface area (Å²) in [6.45, 7) is 4.68. The molecule has 12 heteroatoms. The molecule has 3 rings (SSSR count). The smallest absolute Gasteiger partial charge is 0.330 e. The van der Waals surface area contributed by atoms with Gasteiger partial charge >= 0.3 is 6.03 Å². The zero-order valence-corrected chi connectivity index (χ0v) is 17.7. The average Bonchev–Trinajstić information content (AvgIpc) is 2.95. The maximum atomic E-state index is 12.8. The largest absolute Gasteiger partial charge is 0.470 e. The summed E-state index contributed by atoms with van der Waals surface area (Å²) >= 11 is 0. The van der Waals surface area contributed by atoms with E-state index in [-0.39, 0.29) is 23.9 Å². The van der Waals surface area contributed by atoms with E-state index >= 15 is 0 Å². The summed E-state index contributed by atoms with van der Waals surface area (Å²) < 4.78 is 31.1. The van der Waals surface area contributed by atoms with Crippen LogP contribution in [-0.2, 0) is 4.79 Å². The van der Waals surface area contributed by atoms with E-state index in [0.29, 0.717) is 17.1 Å². The normalized spacial score (nSPS) is 16.2. The van der Waals surface area contributed by atoms with Crippen LogP contribution >= 0.6 is 0 Å². The van der Waals surface area contributed by atoms with Gasteiger partial charge in [-0.1, -0.05) is 12.1 Å². The van der Waals surface area contributed by atoms with Gasteiger partial charge in [0.25, 0.3) is 12.3 Å². The third-order valence-electron chi connectivity index (χ3n) is 4.74. The molecule has 0 radical (unpaired) electrons. The van der Waals surface area contributed by atoms with E-state index in [1.807, 2.05) is 0 Å². The molecule has 5 N–H and O–H groups in total. The van der Waals surface area contributed by atoms with Crippen LogP contribution in [-0.4, -0.2) is 34.3 Å². The first kappa shape index (κ1) is 22.9. The standard InChI is InChI=1S/C20H23F2N7O3/c1-11(23)14(29(24)13-6-4-12(5-7-13)17(21)22)10-32-16-9-8-15(26-27-16)28-18(30)20(2,3)25-19(28)31/h4-9,17H,10,23-24H2,1-3H3,(H,25,31)/b14-11-. The Morgan fingerprint density at radius 3 is 2.31 bits per heavy atom. The van der Waals surface area contributed by atoms with Gasteiger partial charge < -0.3 is 15.8 Å². The lowest BCUT2D eigenvalue weighted by Gasteiger charge is -2.23. The van der Waals surface area contributed by atoms with Crippen LogP contribution in [0, 0.1) is 0 Å². The van der Waals surface area contributed by atoms with Gasteiger partial charge in [-0.25, -0.2) is 24.3 Å². The van der Waals surface area contributed by atoms with Crippen molar-refractivity contribution >= 4 is 23.4 Å². The lowest BCUT2D eigenvalue weighted by atomic mass is 10.1. The van der Waals surface area contributed by atoms with Crippen molar-refractivity contribution in [3.05, 3.63) is 53.4 Å². The van der Waals surface area contributed by atoms with E-state index in [9.17, 15) is 18.4 Å². The number of nitrogens with one attached hydrogen (secondary N) is 1. The van der Waals surface area contributed by atoms with Crippen molar-refractivity contribution < 1.29 is 23.1 Å². The fourth-order valence-corrected chi connectivity index (χ4v) is 2.92. The first-order valence-corrected chi connectivity index (χ1v) is 9.52. The SMILES string of the molecule is C/C(N)=C(\COc1ccc(N2C(=O)NC(C)(C)C2=O)nn1)N(N)c1ccc(C(F)F)cc1. The zero-order chi connectivity index (χ0) is 23.6. The molecule has 1 aliphatic heterocycles. The molecule has 0 spiro atoms. The lowest BCUT2D eigenvalue weighted by Crippen LogP contribution is -2.40. The molecule has 1 fully saturated rings. The number of hydrogen-bond acceptors (Lipinski definition) is 8. The van der Waals surface area contributed by atoms with E-state index in [2.05, 4.69) is 15.5 Å². The Balaban J connectivity index is 1.70. The van der Waals surface area contributed by atoms with Gasteiger partial charge in [0.15, 0.2) is 5.82 Å². The molecule has 1 saturated heterocycles. The number of imide groups is 1. The summed E-state index contributed by atoms with van der Waals surface area (Å²) in [5, 5.41) is 11.5. The van der Waals surface area contributed by atoms with Gasteiger partial charge in [0, 0.05) is 17.3 Å². The highest BCUT2D eigenvalue weighted by Crippen LogP contribution is 2.25. The second-order valence-electron chi connectivity index (χ2n) is 7.61. The van der Waals surface area contributed by atoms with Gasteiger partial charge in [-0.2, -0.15) is 0 Å². The molecule has 1 aromatic heterocycles. The number of aromatic nitrogens is 2. The maximum absolute atomic E-state index is 12.8. The van der Waals surface area contributed by atoms with Crippen LogP contribution < -0.4 is 31.5 Å². The second-order valence-corrected chi connectivity index (χ2v) is 7.61. The highest BCUT2D eigenvalue weighted by atomic mass is 19.3. The third kappa shape index (κ3) is 4.59. The number of nitrogens with two attached hydrogens (primary N) is 2. The van der Waals surface area contributed by atoms with Gasteiger partial charge in [-0.3, -0.25) is 9.80 Å². The first-order chi connectivity index (χ1) is 15.0. The molecule has 0 aliphatic carbocycles. The summed E-state index contributed by atoms with van der Waals surface area (Å²) in [5.74, 6) is 5.79. The van der Waals surface area contributed by atoms with Crippen molar-refractivity contribution in [2.75, 3.05) is 16.5 Å². The van der Waals surface area contributed by atoms with Crippen molar-refractivity contribution in [1.29, 1.82) is 0 Å². The third-order valence-corrected chi connectivity index (χ3v) is 4.74. The number of benzene rings is 1. The van der Waals surface area contributed by atoms with Crippen LogP contribution in [0.5, 0.6) is 5.88 Å². The highest BCUT2D eigenvalue weighted by molar-refractivity contribution is 6.22. The Hall–Kier alpha value is -3.80. The quantitative estimate of drug-likeness (QED) is 0.333. The van der Waals surface area contributed by atoms with E-state index < -0.39 is 23.9 Å². The van der Waals surface area contributed by atoms with Crippen molar-refractivity contribution in [3.8, 4) is 5.88 Å². The number of anilines is 2. The van der Waals surface area contributed by atoms with Gasteiger partial charge in [0.05, 0.1) is 11.4 Å². The van der Waals surface area contributed by atoms with E-state index in [0.717, 1.165) is 4.90 Å². The Bertz CT molecular complexity index is 1040. The lowest BCUT2D eigenvalue weighted by molar-refractivity contribution is -0.121. The van der Waals surface area contributed by atoms with Crippen LogP contribution in [0.3, 0.4) is 0 Å². The van der Waals surface area contributed by atoms with Crippen LogP contribution in [0.25, 0.3) is 0 Å². The van der Waals surface area contributed by atoms with Crippen molar-refractivity contribution in [1.82, 2.24) is 15.5 Å². The topological polar surface area (TPSA) is 140 Å². The molecule has 0 unspecified atom stereocenters. The molecule has 3 amide bonds. The molecule has 32 heavy (non-hydrogen) atoms. The molecule has 1 aliphatic rings. The molecule has 0 bridgehead atoms. The molecule has 170 valence electrons. The number of nitrogens with zero attached hydrogens (tertiary/aromatic N) is 4. The fraction of sp³-hybridized carbons (Fsp3) is 0.300. The van der Waals surface area contributed by atoms with E-state index in [1.54, 1.807) is 20.8 Å². The molecule has 1 aromatic carbocycles. The van der Waals surface area contributed by atoms with Crippen molar-refractivity contribution in [3.63, 3.8) is 0 Å². The van der Waals surface area contributed by atoms with E-state index in [1.165, 1.54) is 41.4 Å². The monoisotopic (exact) mass is 447 g/mol. The molecule has 2 heterocycles. The number of allylic oxidation sites excluding steroid dienone is 1.